The molecule has 1 aliphatic heterocycles. The summed E-state index contributed by atoms with van der Waals surface area (Å²) in [4.78, 5) is 56.0. The van der Waals surface area contributed by atoms with Gasteiger partial charge in [0.2, 0.25) is 0 Å². The van der Waals surface area contributed by atoms with Gasteiger partial charge < -0.3 is 10.2 Å². The first-order valence-corrected chi connectivity index (χ1v) is 7.18. The van der Waals surface area contributed by atoms with E-state index in [9.17, 15) is 19.2 Å². The van der Waals surface area contributed by atoms with Crippen LogP contribution in [0.25, 0.3) is 0 Å². The molecule has 8 heteroatoms. The second-order valence-corrected chi connectivity index (χ2v) is 5.43. The van der Waals surface area contributed by atoms with Crippen molar-refractivity contribution in [1.29, 1.82) is 0 Å². The van der Waals surface area contributed by atoms with Crippen molar-refractivity contribution in [3.63, 3.8) is 0 Å². The second kappa shape index (κ2) is 6.99. The minimum absolute atomic E-state index is 0.0144. The summed E-state index contributed by atoms with van der Waals surface area (Å²) >= 11 is 0. The second-order valence-electron chi connectivity index (χ2n) is 5.43. The van der Waals surface area contributed by atoms with E-state index in [0.29, 0.717) is 10.6 Å². The number of carbonyl (C=O) groups excluding carboxylic acids is 4. The summed E-state index contributed by atoms with van der Waals surface area (Å²) in [6, 6.07) is 2.15. The highest BCUT2D eigenvalue weighted by Gasteiger charge is 2.36. The predicted octanol–water partition coefficient (Wildman–Crippen LogP) is 0.443. The molecule has 0 aromatic carbocycles. The Balaban J connectivity index is 2.06. The van der Waals surface area contributed by atoms with Crippen molar-refractivity contribution >= 4 is 23.7 Å². The van der Waals surface area contributed by atoms with E-state index in [0.717, 1.165) is 0 Å². The molecule has 1 unspecified atom stereocenters. The number of rotatable bonds is 5. The van der Waals surface area contributed by atoms with Crippen molar-refractivity contribution in [2.24, 2.45) is 5.92 Å². The number of aromatic nitrogens is 1. The molecule has 8 nitrogen and oxygen atoms in total. The number of hydrogen-bond donors (Lipinski definition) is 1. The van der Waals surface area contributed by atoms with Crippen molar-refractivity contribution < 1.29 is 24.0 Å². The third kappa shape index (κ3) is 3.91. The SMILES string of the molecule is CC(C)C(NC(=O)c1cccnc1)C(=O)ON1C(=O)CCC1=O. The van der Waals surface area contributed by atoms with E-state index in [4.69, 9.17) is 4.84 Å². The molecule has 1 aliphatic rings. The molecule has 1 atom stereocenters. The monoisotopic (exact) mass is 319 g/mol. The van der Waals surface area contributed by atoms with E-state index in [-0.39, 0.29) is 18.8 Å². The van der Waals surface area contributed by atoms with Crippen LogP contribution in [0.1, 0.15) is 37.0 Å². The van der Waals surface area contributed by atoms with Crippen LogP contribution in [0.2, 0.25) is 0 Å². The summed E-state index contributed by atoms with van der Waals surface area (Å²) in [6.07, 6.45) is 2.92. The fourth-order valence-electron chi connectivity index (χ4n) is 2.02. The van der Waals surface area contributed by atoms with Crippen LogP contribution in [0.15, 0.2) is 24.5 Å². The lowest BCUT2D eigenvalue weighted by Gasteiger charge is -2.22. The predicted molar refractivity (Wildman–Crippen MR) is 77.5 cm³/mol. The average Bonchev–Trinajstić information content (AvgIpc) is 2.84. The zero-order chi connectivity index (χ0) is 17.0. The molecule has 1 aromatic heterocycles. The largest absolute Gasteiger partial charge is 0.355 e. The van der Waals surface area contributed by atoms with E-state index in [1.165, 1.54) is 12.4 Å². The molecular weight excluding hydrogens is 302 g/mol. The molecule has 0 saturated carbocycles. The summed E-state index contributed by atoms with van der Waals surface area (Å²) in [7, 11) is 0. The van der Waals surface area contributed by atoms with Crippen LogP contribution < -0.4 is 5.32 Å². The van der Waals surface area contributed by atoms with Gasteiger partial charge in [0, 0.05) is 25.2 Å². The molecule has 0 bridgehead atoms. The van der Waals surface area contributed by atoms with Crippen LogP contribution in [0.4, 0.5) is 0 Å². The van der Waals surface area contributed by atoms with Crippen molar-refractivity contribution in [2.75, 3.05) is 0 Å². The van der Waals surface area contributed by atoms with Crippen LogP contribution in [0.3, 0.4) is 0 Å². The van der Waals surface area contributed by atoms with E-state index in [2.05, 4.69) is 10.3 Å². The van der Waals surface area contributed by atoms with E-state index < -0.39 is 29.7 Å². The molecule has 23 heavy (non-hydrogen) atoms. The summed E-state index contributed by atoms with van der Waals surface area (Å²) in [6.45, 7) is 3.42. The molecule has 0 aliphatic carbocycles. The molecular formula is C15H17N3O5. The van der Waals surface area contributed by atoms with Crippen LogP contribution in [0, 0.1) is 5.92 Å². The fraction of sp³-hybridized carbons (Fsp3) is 0.400. The van der Waals surface area contributed by atoms with Crippen LogP contribution in [-0.4, -0.2) is 39.8 Å². The Morgan fingerprint density at radius 3 is 2.43 bits per heavy atom. The zero-order valence-corrected chi connectivity index (χ0v) is 12.8. The lowest BCUT2D eigenvalue weighted by molar-refractivity contribution is -0.199. The van der Waals surface area contributed by atoms with Crippen molar-refractivity contribution in [2.45, 2.75) is 32.7 Å². The Kier molecular flexibility index (Phi) is 5.05. The molecule has 2 rings (SSSR count). The Morgan fingerprint density at radius 2 is 1.91 bits per heavy atom. The minimum Gasteiger partial charge on any atom is -0.338 e. The number of amides is 3. The molecule has 1 aromatic rings. The highest BCUT2D eigenvalue weighted by Crippen LogP contribution is 2.14. The van der Waals surface area contributed by atoms with Crippen LogP contribution in [-0.2, 0) is 19.2 Å². The molecule has 0 radical (unpaired) electrons. The van der Waals surface area contributed by atoms with Crippen LogP contribution in [0.5, 0.6) is 0 Å². The quantitative estimate of drug-likeness (QED) is 0.790. The van der Waals surface area contributed by atoms with Gasteiger partial charge in [-0.15, -0.1) is 5.06 Å². The van der Waals surface area contributed by atoms with Gasteiger partial charge in [-0.25, -0.2) is 4.79 Å². The maximum Gasteiger partial charge on any atom is 0.355 e. The smallest absolute Gasteiger partial charge is 0.338 e. The third-order valence-electron chi connectivity index (χ3n) is 3.32. The highest BCUT2D eigenvalue weighted by molar-refractivity contribution is 6.02. The first kappa shape index (κ1) is 16.6. The molecule has 1 fully saturated rings. The minimum atomic E-state index is -0.996. The standard InChI is InChI=1S/C15H17N3O5/c1-9(2)13(17-14(21)10-4-3-7-16-8-10)15(22)23-18-11(19)5-6-12(18)20/h3-4,7-9,13H,5-6H2,1-2H3,(H,17,21). The number of hydrogen-bond acceptors (Lipinski definition) is 6. The summed E-state index contributed by atoms with van der Waals surface area (Å²) in [5.41, 5.74) is 0.291. The maximum absolute atomic E-state index is 12.2. The molecule has 3 amide bonds. The lowest BCUT2D eigenvalue weighted by atomic mass is 10.0. The van der Waals surface area contributed by atoms with E-state index in [1.54, 1.807) is 26.0 Å². The number of nitrogens with zero attached hydrogens (tertiary/aromatic N) is 2. The molecule has 122 valence electrons. The number of hydroxylamine groups is 2. The van der Waals surface area contributed by atoms with Crippen molar-refractivity contribution in [3.8, 4) is 0 Å². The maximum atomic E-state index is 12.2. The van der Waals surface area contributed by atoms with Crippen molar-refractivity contribution in [1.82, 2.24) is 15.4 Å². The molecule has 1 N–H and O–H groups in total. The highest BCUT2D eigenvalue weighted by atomic mass is 16.7. The van der Waals surface area contributed by atoms with Crippen molar-refractivity contribution in [3.05, 3.63) is 30.1 Å². The Bertz CT molecular complexity index is 613. The number of imide groups is 1. The molecule has 2 heterocycles. The Hall–Kier alpha value is -2.77. The van der Waals surface area contributed by atoms with Gasteiger partial charge in [-0.05, 0) is 18.1 Å². The third-order valence-corrected chi connectivity index (χ3v) is 3.32. The van der Waals surface area contributed by atoms with Gasteiger partial charge in [0.15, 0.2) is 0 Å². The number of carbonyl (C=O) groups is 4. The summed E-state index contributed by atoms with van der Waals surface area (Å²) in [5, 5.41) is 3.00. The first-order chi connectivity index (χ1) is 10.9. The zero-order valence-electron chi connectivity index (χ0n) is 12.8. The summed E-state index contributed by atoms with van der Waals surface area (Å²) < 4.78 is 0. The Morgan fingerprint density at radius 1 is 1.26 bits per heavy atom. The van der Waals surface area contributed by atoms with Crippen LogP contribution >= 0.6 is 0 Å². The molecule has 0 spiro atoms. The first-order valence-electron chi connectivity index (χ1n) is 7.18. The lowest BCUT2D eigenvalue weighted by Crippen LogP contribution is -2.48. The van der Waals surface area contributed by atoms with Gasteiger partial charge in [-0.1, -0.05) is 13.8 Å². The van der Waals surface area contributed by atoms with Gasteiger partial charge in [-0.2, -0.15) is 0 Å². The van der Waals surface area contributed by atoms with Gasteiger partial charge in [-0.3, -0.25) is 19.4 Å². The fourth-order valence-corrected chi connectivity index (χ4v) is 2.02. The van der Waals surface area contributed by atoms with E-state index >= 15 is 0 Å². The van der Waals surface area contributed by atoms with E-state index in [1.807, 2.05) is 0 Å². The average molecular weight is 319 g/mol. The topological polar surface area (TPSA) is 106 Å². The van der Waals surface area contributed by atoms with Gasteiger partial charge >= 0.3 is 5.97 Å². The Labute approximate surface area is 132 Å². The van der Waals surface area contributed by atoms with Gasteiger partial charge in [0.1, 0.15) is 6.04 Å². The summed E-state index contributed by atoms with van der Waals surface area (Å²) in [5.74, 6) is -2.78. The van der Waals surface area contributed by atoms with Gasteiger partial charge in [0.05, 0.1) is 5.56 Å². The number of pyridine rings is 1. The number of nitrogens with one attached hydrogen (secondary N) is 1. The normalized spacial score (nSPS) is 15.7. The molecule has 1 saturated heterocycles. The van der Waals surface area contributed by atoms with Gasteiger partial charge in [0.25, 0.3) is 17.7 Å².